The van der Waals surface area contributed by atoms with Crippen molar-refractivity contribution in [2.75, 3.05) is 45.7 Å². The summed E-state index contributed by atoms with van der Waals surface area (Å²) in [6.07, 6.45) is 5.93. The Hall–Kier alpha value is -4.94. The molecule has 2 aliphatic rings. The van der Waals surface area contributed by atoms with Gasteiger partial charge < -0.3 is 29.2 Å². The van der Waals surface area contributed by atoms with E-state index in [-0.39, 0.29) is 11.5 Å². The minimum absolute atomic E-state index is 0.228. The van der Waals surface area contributed by atoms with E-state index in [0.29, 0.717) is 67.4 Å². The Morgan fingerprint density at radius 2 is 1.76 bits per heavy atom. The van der Waals surface area contributed by atoms with Crippen LogP contribution in [0.4, 0.5) is 16.2 Å². The summed E-state index contributed by atoms with van der Waals surface area (Å²) in [4.78, 5) is 25.9. The van der Waals surface area contributed by atoms with Crippen molar-refractivity contribution in [3.8, 4) is 35.3 Å². The van der Waals surface area contributed by atoms with Gasteiger partial charge in [0.2, 0.25) is 0 Å². The fourth-order valence-electron chi connectivity index (χ4n) is 6.39. The van der Waals surface area contributed by atoms with Crippen LogP contribution in [-0.4, -0.2) is 71.9 Å². The molecule has 264 valence electrons. The molecule has 6 rings (SSSR count). The van der Waals surface area contributed by atoms with Crippen molar-refractivity contribution in [1.29, 1.82) is 5.26 Å². The molecule has 1 amide bonds. The Labute approximate surface area is 307 Å². The van der Waals surface area contributed by atoms with E-state index in [0.717, 1.165) is 44.7 Å². The second kappa shape index (κ2) is 14.7. The van der Waals surface area contributed by atoms with Crippen molar-refractivity contribution >= 4 is 51.6 Å². The number of nitrogens with one attached hydrogen (secondary N) is 1. The number of anilines is 2. The number of methoxy groups -OCH3 is 2. The van der Waals surface area contributed by atoms with Crippen molar-refractivity contribution in [2.24, 2.45) is 5.41 Å². The number of nitriles is 1. The van der Waals surface area contributed by atoms with Crippen LogP contribution >= 0.6 is 23.2 Å². The van der Waals surface area contributed by atoms with E-state index in [1.165, 1.54) is 20.4 Å². The number of benzene rings is 2. The summed E-state index contributed by atoms with van der Waals surface area (Å²) >= 11 is 12.7. The molecule has 2 aromatic heterocycles. The van der Waals surface area contributed by atoms with Gasteiger partial charge in [0.1, 0.15) is 29.2 Å². The van der Waals surface area contributed by atoms with E-state index in [2.05, 4.69) is 33.3 Å². The number of ether oxygens (including phenoxy) is 4. The molecule has 0 saturated carbocycles. The molecule has 11 nitrogen and oxygen atoms in total. The van der Waals surface area contributed by atoms with Crippen molar-refractivity contribution in [3.63, 3.8) is 0 Å². The summed E-state index contributed by atoms with van der Waals surface area (Å²) in [7, 11) is 3.03. The first-order chi connectivity index (χ1) is 24.4. The standard InChI is InChI=1S/C38H38Cl2N6O5/c1-37(2,3)51-36(47)46-12-10-38(11-13-46)22-45(23-38)21-26-8-6-7-25(43-26)9-14-50-34-17-30-27(15-33(34)49-5)35(24(19-41)20-42-30)44-31-18-32(48-4)29(40)16-28(31)39/h6-8,15-18,20H,10-13,21-23H2,1-5H3,(H,42,44). The summed E-state index contributed by atoms with van der Waals surface area (Å²) in [5.41, 5.74) is 3.05. The molecular weight excluding hydrogens is 691 g/mol. The Kier molecular flexibility index (Phi) is 10.4. The predicted octanol–water partition coefficient (Wildman–Crippen LogP) is 7.79. The maximum atomic E-state index is 12.5. The van der Waals surface area contributed by atoms with E-state index >= 15 is 0 Å². The van der Waals surface area contributed by atoms with Crippen molar-refractivity contribution in [3.05, 3.63) is 75.7 Å². The Morgan fingerprint density at radius 3 is 2.45 bits per heavy atom. The first-order valence-corrected chi connectivity index (χ1v) is 17.2. The van der Waals surface area contributed by atoms with E-state index in [1.807, 2.05) is 43.9 Å². The van der Waals surface area contributed by atoms with Crippen molar-refractivity contribution in [1.82, 2.24) is 19.8 Å². The molecule has 0 unspecified atom stereocenters. The number of rotatable bonds is 7. The third kappa shape index (κ3) is 8.18. The molecule has 2 fully saturated rings. The number of piperidine rings is 1. The number of nitrogens with zero attached hydrogens (tertiary/aromatic N) is 5. The first kappa shape index (κ1) is 35.9. The molecule has 2 aromatic carbocycles. The quantitative estimate of drug-likeness (QED) is 0.189. The van der Waals surface area contributed by atoms with Gasteiger partial charge in [-0.2, -0.15) is 5.26 Å². The van der Waals surface area contributed by atoms with E-state index < -0.39 is 5.60 Å². The van der Waals surface area contributed by atoms with Gasteiger partial charge in [-0.05, 0) is 69.2 Å². The lowest BCUT2D eigenvalue weighted by Gasteiger charge is -2.54. The summed E-state index contributed by atoms with van der Waals surface area (Å²) in [6, 6.07) is 14.6. The van der Waals surface area contributed by atoms with Crippen LogP contribution in [0, 0.1) is 28.8 Å². The van der Waals surface area contributed by atoms with Gasteiger partial charge in [-0.3, -0.25) is 9.88 Å². The van der Waals surface area contributed by atoms with Crippen LogP contribution in [-0.2, 0) is 11.3 Å². The normalized spacial score (nSPS) is 15.3. The lowest BCUT2D eigenvalue weighted by Crippen LogP contribution is -2.60. The number of carbonyl (C=O) groups is 1. The number of amides is 1. The first-order valence-electron chi connectivity index (χ1n) is 16.4. The van der Waals surface area contributed by atoms with Crippen LogP contribution in [0.5, 0.6) is 17.2 Å². The molecule has 4 heterocycles. The third-order valence-electron chi connectivity index (χ3n) is 8.90. The molecule has 2 aliphatic heterocycles. The van der Waals surface area contributed by atoms with Crippen LogP contribution in [0.3, 0.4) is 0 Å². The van der Waals surface area contributed by atoms with Crippen LogP contribution in [0.1, 0.15) is 50.6 Å². The second-order valence-electron chi connectivity index (χ2n) is 13.7. The number of likely N-dealkylation sites (tertiary alicyclic amines) is 2. The molecule has 0 aliphatic carbocycles. The maximum absolute atomic E-state index is 12.5. The van der Waals surface area contributed by atoms with Crippen LogP contribution in [0.25, 0.3) is 10.9 Å². The highest BCUT2D eigenvalue weighted by Crippen LogP contribution is 2.42. The molecule has 0 atom stereocenters. The Morgan fingerprint density at radius 1 is 1.02 bits per heavy atom. The van der Waals surface area contributed by atoms with E-state index in [9.17, 15) is 10.1 Å². The number of fused-ring (bicyclic) bond motifs is 1. The second-order valence-corrected chi connectivity index (χ2v) is 14.5. The lowest BCUT2D eigenvalue weighted by molar-refractivity contribution is -0.0555. The lowest BCUT2D eigenvalue weighted by atomic mass is 9.72. The third-order valence-corrected chi connectivity index (χ3v) is 9.51. The molecule has 4 aromatic rings. The Balaban J connectivity index is 1.11. The largest absolute Gasteiger partial charge is 0.495 e. The van der Waals surface area contributed by atoms with Crippen molar-refractivity contribution in [2.45, 2.75) is 45.8 Å². The average molecular weight is 730 g/mol. The number of halogens is 2. The summed E-state index contributed by atoms with van der Waals surface area (Å²) in [5.74, 6) is 4.16. The minimum Gasteiger partial charge on any atom is -0.495 e. The van der Waals surface area contributed by atoms with Crippen LogP contribution in [0.2, 0.25) is 10.0 Å². The van der Waals surface area contributed by atoms with Gasteiger partial charge in [0.15, 0.2) is 11.5 Å². The predicted molar refractivity (Wildman–Crippen MR) is 196 cm³/mol. The molecular formula is C38H38Cl2N6O5. The van der Waals surface area contributed by atoms with Gasteiger partial charge in [0.05, 0.1) is 52.4 Å². The van der Waals surface area contributed by atoms with Gasteiger partial charge in [0.25, 0.3) is 0 Å². The minimum atomic E-state index is -0.490. The van der Waals surface area contributed by atoms with E-state index in [1.54, 1.807) is 24.3 Å². The number of pyridine rings is 2. The van der Waals surface area contributed by atoms with Crippen LogP contribution in [0.15, 0.2) is 48.7 Å². The fourth-order valence-corrected chi connectivity index (χ4v) is 6.90. The smallest absolute Gasteiger partial charge is 0.410 e. The highest BCUT2D eigenvalue weighted by molar-refractivity contribution is 6.37. The molecule has 51 heavy (non-hydrogen) atoms. The zero-order chi connectivity index (χ0) is 36.3. The van der Waals surface area contributed by atoms with Crippen LogP contribution < -0.4 is 19.5 Å². The molecule has 0 radical (unpaired) electrons. The van der Waals surface area contributed by atoms with Gasteiger partial charge >= 0.3 is 6.09 Å². The highest BCUT2D eigenvalue weighted by atomic mass is 35.5. The molecule has 2 saturated heterocycles. The molecule has 13 heteroatoms. The average Bonchev–Trinajstić information content (AvgIpc) is 3.08. The van der Waals surface area contributed by atoms with Gasteiger partial charge in [0, 0.05) is 56.4 Å². The monoisotopic (exact) mass is 728 g/mol. The van der Waals surface area contributed by atoms with Gasteiger partial charge in [-0.25, -0.2) is 9.78 Å². The fraction of sp³-hybridized carbons (Fsp3) is 0.368. The zero-order valence-electron chi connectivity index (χ0n) is 29.1. The van der Waals surface area contributed by atoms with Gasteiger partial charge in [-0.1, -0.05) is 29.3 Å². The summed E-state index contributed by atoms with van der Waals surface area (Å²) < 4.78 is 22.4. The number of carbonyl (C=O) groups excluding carboxylic acids is 1. The molecule has 1 spiro atoms. The summed E-state index contributed by atoms with van der Waals surface area (Å²) in [5, 5.41) is 14.4. The zero-order valence-corrected chi connectivity index (χ0v) is 30.6. The summed E-state index contributed by atoms with van der Waals surface area (Å²) in [6.45, 7) is 9.77. The number of aromatic nitrogens is 2. The maximum Gasteiger partial charge on any atom is 0.410 e. The Bertz CT molecular complexity index is 2070. The van der Waals surface area contributed by atoms with Crippen molar-refractivity contribution < 1.29 is 23.7 Å². The topological polar surface area (TPSA) is 122 Å². The number of hydrogen-bond acceptors (Lipinski definition) is 10. The van der Waals surface area contributed by atoms with E-state index in [4.69, 9.17) is 47.1 Å². The number of hydrogen-bond donors (Lipinski definition) is 1. The SMILES string of the molecule is COc1cc(Nc2c(C#N)cnc3cc(OC#Cc4cccc(CN5CC6(CCN(C(=O)OC(C)(C)C)CC6)C5)n4)c(OC)cc23)c(Cl)cc1Cl. The highest BCUT2D eigenvalue weighted by Gasteiger charge is 2.45. The molecule has 0 bridgehead atoms. The van der Waals surface area contributed by atoms with Gasteiger partial charge in [-0.15, -0.1) is 0 Å². The molecule has 1 N–H and O–H groups in total.